The van der Waals surface area contributed by atoms with Crippen LogP contribution in [0.2, 0.25) is 0 Å². The molecule has 38 heavy (non-hydrogen) atoms. The summed E-state index contributed by atoms with van der Waals surface area (Å²) in [5.74, 6) is -1.05. The molecule has 0 radical (unpaired) electrons. The Morgan fingerprint density at radius 3 is 2.00 bits per heavy atom. The summed E-state index contributed by atoms with van der Waals surface area (Å²) in [5, 5.41) is 19.7. The zero-order valence-electron chi connectivity index (χ0n) is 21.5. The van der Waals surface area contributed by atoms with Crippen molar-refractivity contribution in [2.45, 2.75) is 51.4 Å². The summed E-state index contributed by atoms with van der Waals surface area (Å²) in [6.45, 7) is 8.06. The highest BCUT2D eigenvalue weighted by Gasteiger charge is 2.51. The Balaban J connectivity index is 0.000000732. The van der Waals surface area contributed by atoms with Crippen LogP contribution >= 0.6 is 7.82 Å². The molecule has 14 heteroatoms. The molecule has 4 unspecified atom stereocenters. The van der Waals surface area contributed by atoms with Crippen molar-refractivity contribution in [2.75, 3.05) is 44.2 Å². The summed E-state index contributed by atoms with van der Waals surface area (Å²) in [4.78, 5) is 52.6. The van der Waals surface area contributed by atoms with Crippen LogP contribution in [0.4, 0.5) is 10.1 Å². The van der Waals surface area contributed by atoms with Gasteiger partial charge in [0.2, 0.25) is 11.8 Å². The molecule has 2 saturated heterocycles. The molecule has 3 aliphatic rings. The van der Waals surface area contributed by atoms with Gasteiger partial charge in [-0.25, -0.2) is 8.96 Å². The molecule has 2 aliphatic heterocycles. The number of fused-ring (bicyclic) bond motifs is 1. The number of rotatable bonds is 7. The van der Waals surface area contributed by atoms with Crippen molar-refractivity contribution in [1.82, 2.24) is 9.80 Å². The molecule has 0 bridgehead atoms. The molecule has 1 aliphatic carbocycles. The highest BCUT2D eigenvalue weighted by Crippen LogP contribution is 2.38. The van der Waals surface area contributed by atoms with Crippen LogP contribution < -0.4 is 9.64 Å². The number of likely N-dealkylation sites (tertiary alicyclic amines) is 1. The number of piperazine rings is 1. The number of ether oxygens (including phenoxy) is 1. The fourth-order valence-corrected chi connectivity index (χ4v) is 5.19. The van der Waals surface area contributed by atoms with Crippen molar-refractivity contribution in [2.24, 2.45) is 11.8 Å². The Morgan fingerprint density at radius 1 is 0.974 bits per heavy atom. The molecule has 5 N–H and O–H groups in total. The van der Waals surface area contributed by atoms with E-state index in [4.69, 9.17) is 24.0 Å². The van der Waals surface area contributed by atoms with E-state index in [1.165, 1.54) is 17.0 Å². The standard InChI is InChI=1S/C24H34FN3O5.H3O4P/c1-15(2)33-22-5-4-16(25)12-19(22)27-10-8-26(9-11-27)6-3-7-28-23(31)17-13-20(29)21(30)14-18(17)24(28)32;1-5(2,3)4/h4-5,12,15,17-18,20-21,29-30H,3,6-11,13-14H2,1-2H3;(H3,1,2,3,4). The second-order valence-electron chi connectivity index (χ2n) is 10.1. The van der Waals surface area contributed by atoms with Crippen LogP contribution in [0.25, 0.3) is 0 Å². The van der Waals surface area contributed by atoms with Crippen molar-refractivity contribution in [3.63, 3.8) is 0 Å². The molecular formula is C24H37FN3O9P. The fraction of sp³-hybridized carbons (Fsp3) is 0.667. The molecule has 1 aromatic rings. The first-order valence-corrected chi connectivity index (χ1v) is 14.2. The molecule has 2 heterocycles. The second-order valence-corrected chi connectivity index (χ2v) is 11.1. The number of nitrogens with zero attached hydrogens (tertiary/aromatic N) is 3. The Labute approximate surface area is 220 Å². The number of imide groups is 1. The number of hydrogen-bond donors (Lipinski definition) is 5. The van der Waals surface area contributed by atoms with Gasteiger partial charge in [-0.05, 0) is 51.8 Å². The first-order chi connectivity index (χ1) is 17.7. The highest BCUT2D eigenvalue weighted by atomic mass is 31.2. The van der Waals surface area contributed by atoms with Gasteiger partial charge in [-0.1, -0.05) is 0 Å². The van der Waals surface area contributed by atoms with E-state index in [1.54, 1.807) is 6.07 Å². The van der Waals surface area contributed by atoms with Gasteiger partial charge in [-0.2, -0.15) is 0 Å². The first-order valence-electron chi connectivity index (χ1n) is 12.7. The number of carbonyl (C=O) groups excluding carboxylic acids is 2. The monoisotopic (exact) mass is 561 g/mol. The quantitative estimate of drug-likeness (QED) is 0.229. The lowest BCUT2D eigenvalue weighted by atomic mass is 9.78. The van der Waals surface area contributed by atoms with Crippen LogP contribution in [0.15, 0.2) is 18.2 Å². The number of halogens is 1. The molecule has 3 fully saturated rings. The molecule has 0 aromatic heterocycles. The smallest absolute Gasteiger partial charge is 0.466 e. The van der Waals surface area contributed by atoms with Gasteiger partial charge in [-0.3, -0.25) is 19.4 Å². The van der Waals surface area contributed by atoms with Crippen molar-refractivity contribution >= 4 is 25.3 Å². The summed E-state index contributed by atoms with van der Waals surface area (Å²) >= 11 is 0. The van der Waals surface area contributed by atoms with E-state index in [0.29, 0.717) is 18.7 Å². The Morgan fingerprint density at radius 2 is 1.50 bits per heavy atom. The molecular weight excluding hydrogens is 524 g/mol. The van der Waals surface area contributed by atoms with Gasteiger partial charge >= 0.3 is 7.82 Å². The lowest BCUT2D eigenvalue weighted by molar-refractivity contribution is -0.140. The zero-order chi connectivity index (χ0) is 28.2. The molecule has 4 rings (SSSR count). The molecule has 0 spiro atoms. The van der Waals surface area contributed by atoms with Gasteiger partial charge in [0.25, 0.3) is 0 Å². The van der Waals surface area contributed by atoms with E-state index < -0.39 is 31.9 Å². The summed E-state index contributed by atoms with van der Waals surface area (Å²) in [6.07, 6.45) is -0.909. The van der Waals surface area contributed by atoms with Crippen LogP contribution in [0, 0.1) is 17.7 Å². The van der Waals surface area contributed by atoms with Crippen molar-refractivity contribution in [3.8, 4) is 5.75 Å². The van der Waals surface area contributed by atoms with E-state index in [-0.39, 0.29) is 36.6 Å². The summed E-state index contributed by atoms with van der Waals surface area (Å²) in [5.41, 5.74) is 0.767. The molecule has 2 amide bonds. The summed E-state index contributed by atoms with van der Waals surface area (Å²) in [7, 11) is -4.64. The van der Waals surface area contributed by atoms with E-state index in [1.807, 2.05) is 13.8 Å². The highest BCUT2D eigenvalue weighted by molar-refractivity contribution is 7.45. The average Bonchev–Trinajstić information content (AvgIpc) is 3.04. The lowest BCUT2D eigenvalue weighted by Gasteiger charge is -2.37. The summed E-state index contributed by atoms with van der Waals surface area (Å²) < 4.78 is 28.6. The number of hydrogen-bond acceptors (Lipinski definition) is 8. The van der Waals surface area contributed by atoms with Crippen LogP contribution in [-0.2, 0) is 14.2 Å². The van der Waals surface area contributed by atoms with Gasteiger partial charge in [0.15, 0.2) is 0 Å². The number of carbonyl (C=O) groups is 2. The number of amides is 2. The number of aliphatic hydroxyl groups excluding tert-OH is 2. The Hall–Kier alpha value is -2.12. The van der Waals surface area contributed by atoms with Gasteiger partial charge in [0, 0.05) is 38.8 Å². The molecule has 4 atom stereocenters. The van der Waals surface area contributed by atoms with Gasteiger partial charge in [0.1, 0.15) is 11.6 Å². The average molecular weight is 562 g/mol. The van der Waals surface area contributed by atoms with Crippen LogP contribution in [0.1, 0.15) is 33.1 Å². The third-order valence-electron chi connectivity index (χ3n) is 6.94. The molecule has 1 aromatic carbocycles. The number of aliphatic hydroxyl groups is 2. The minimum atomic E-state index is -4.64. The van der Waals surface area contributed by atoms with Gasteiger partial charge in [-0.15, -0.1) is 0 Å². The normalized spacial score (nSPS) is 26.3. The predicted octanol–water partition coefficient (Wildman–Crippen LogP) is 0.313. The lowest BCUT2D eigenvalue weighted by Crippen LogP contribution is -2.47. The van der Waals surface area contributed by atoms with Crippen molar-refractivity contribution < 1.29 is 48.2 Å². The fourth-order valence-electron chi connectivity index (χ4n) is 5.19. The number of anilines is 1. The van der Waals surface area contributed by atoms with E-state index in [0.717, 1.165) is 38.4 Å². The van der Waals surface area contributed by atoms with E-state index in [9.17, 15) is 24.2 Å². The van der Waals surface area contributed by atoms with Crippen molar-refractivity contribution in [3.05, 3.63) is 24.0 Å². The van der Waals surface area contributed by atoms with E-state index in [2.05, 4.69) is 9.80 Å². The first kappa shape index (κ1) is 30.4. The van der Waals surface area contributed by atoms with E-state index >= 15 is 0 Å². The summed E-state index contributed by atoms with van der Waals surface area (Å²) in [6, 6.07) is 4.61. The third-order valence-corrected chi connectivity index (χ3v) is 6.94. The minimum absolute atomic E-state index is 0.00173. The Kier molecular flexibility index (Phi) is 10.3. The minimum Gasteiger partial charge on any atom is -0.489 e. The van der Waals surface area contributed by atoms with Crippen LogP contribution in [-0.4, -0.2) is 104 Å². The SMILES string of the molecule is CC(C)Oc1ccc(F)cc1N1CCN(CCCN2C(=O)C3CC(O)C(O)CC3C2=O)CC1.O=P(O)(O)O. The Bertz CT molecular complexity index is 995. The van der Waals surface area contributed by atoms with Crippen LogP contribution in [0.3, 0.4) is 0 Å². The molecule has 12 nitrogen and oxygen atoms in total. The van der Waals surface area contributed by atoms with Crippen LogP contribution in [0.5, 0.6) is 5.75 Å². The molecule has 1 saturated carbocycles. The maximum Gasteiger partial charge on any atom is 0.466 e. The predicted molar refractivity (Wildman–Crippen MR) is 135 cm³/mol. The maximum atomic E-state index is 13.9. The third kappa shape index (κ3) is 8.19. The second kappa shape index (κ2) is 12.8. The van der Waals surface area contributed by atoms with Gasteiger partial charge in [0.05, 0.1) is 35.8 Å². The van der Waals surface area contributed by atoms with Crippen molar-refractivity contribution in [1.29, 1.82) is 0 Å². The number of benzene rings is 1. The zero-order valence-corrected chi connectivity index (χ0v) is 22.4. The topological polar surface area (TPSA) is 171 Å². The van der Waals surface area contributed by atoms with Gasteiger partial charge < -0.3 is 34.5 Å². The largest absolute Gasteiger partial charge is 0.489 e. The maximum absolute atomic E-state index is 13.9. The molecule has 214 valence electrons. The number of phosphoric acid groups is 1.